The Bertz CT molecular complexity index is 4540. The summed E-state index contributed by atoms with van der Waals surface area (Å²) in [5, 5.41) is 4.60. The number of allylic oxidation sites excluding steroid dienone is 4. The van der Waals surface area contributed by atoms with Gasteiger partial charge in [0.1, 0.15) is 11.2 Å². The van der Waals surface area contributed by atoms with Gasteiger partial charge < -0.3 is 19.1 Å². The zero-order valence-corrected chi connectivity index (χ0v) is 45.3. The molecule has 0 spiro atoms. The Balaban J connectivity index is 0.992. The van der Waals surface area contributed by atoms with Crippen molar-refractivity contribution in [3.8, 4) is 33.4 Å². The van der Waals surface area contributed by atoms with E-state index in [0.717, 1.165) is 62.5 Å². The number of para-hydroxylation sites is 2. The highest BCUT2D eigenvalue weighted by Gasteiger charge is 2.52. The summed E-state index contributed by atoms with van der Waals surface area (Å²) >= 11 is 0. The van der Waals surface area contributed by atoms with Crippen molar-refractivity contribution in [2.24, 2.45) is 5.92 Å². The van der Waals surface area contributed by atoms with Crippen molar-refractivity contribution in [3.63, 3.8) is 0 Å². The van der Waals surface area contributed by atoms with Gasteiger partial charge in [0.2, 0.25) is 0 Å². The average molecular weight is 1030 g/mol. The first-order chi connectivity index (χ1) is 39.3. The van der Waals surface area contributed by atoms with Gasteiger partial charge in [-0.1, -0.05) is 191 Å². The molecule has 0 bridgehead atoms. The number of furan rings is 1. The Morgan fingerprint density at radius 1 is 0.463 bits per heavy atom. The number of fused-ring (bicyclic) bond motifs is 13. The molecule has 2 atom stereocenters. The second-order valence-corrected chi connectivity index (χ2v) is 23.0. The predicted molar refractivity (Wildman–Crippen MR) is 334 cm³/mol. The van der Waals surface area contributed by atoms with E-state index in [9.17, 15) is 0 Å². The molecule has 11 aromatic carbocycles. The van der Waals surface area contributed by atoms with Gasteiger partial charge >= 0.3 is 0 Å². The maximum atomic E-state index is 7.27. The van der Waals surface area contributed by atoms with Crippen LogP contribution in [0.2, 0.25) is 0 Å². The molecule has 0 saturated heterocycles. The van der Waals surface area contributed by atoms with Gasteiger partial charge in [-0.2, -0.15) is 0 Å². The van der Waals surface area contributed by atoms with Crippen molar-refractivity contribution in [1.29, 1.82) is 0 Å². The van der Waals surface area contributed by atoms with Crippen LogP contribution in [0, 0.1) is 5.92 Å². The third-order valence-corrected chi connectivity index (χ3v) is 18.2. The smallest absolute Gasteiger partial charge is 0.137 e. The van der Waals surface area contributed by atoms with E-state index in [1.807, 2.05) is 0 Å². The summed E-state index contributed by atoms with van der Waals surface area (Å²) in [5.74, 6) is 0.265. The molecule has 4 heteroatoms. The van der Waals surface area contributed by atoms with Crippen molar-refractivity contribution < 1.29 is 4.42 Å². The summed E-state index contributed by atoms with van der Waals surface area (Å²) in [6.07, 6.45) is 7.77. The Morgan fingerprint density at radius 2 is 1.11 bits per heavy atom. The van der Waals surface area contributed by atoms with Crippen LogP contribution in [0.5, 0.6) is 0 Å². The quantitative estimate of drug-likeness (QED) is 0.151. The molecule has 16 rings (SSSR count). The second-order valence-electron chi connectivity index (χ2n) is 23.0. The fourth-order valence-electron chi connectivity index (χ4n) is 14.5. The van der Waals surface area contributed by atoms with Crippen LogP contribution in [-0.2, 0) is 10.8 Å². The lowest BCUT2D eigenvalue weighted by Gasteiger charge is -2.45. The van der Waals surface area contributed by atoms with Gasteiger partial charge in [0.15, 0.2) is 0 Å². The summed E-state index contributed by atoms with van der Waals surface area (Å²) in [5.41, 5.74) is 25.3. The summed E-state index contributed by atoms with van der Waals surface area (Å²) in [7, 11) is 0. The third kappa shape index (κ3) is 6.63. The van der Waals surface area contributed by atoms with Gasteiger partial charge in [-0.05, 0) is 164 Å². The fourth-order valence-corrected chi connectivity index (χ4v) is 14.5. The van der Waals surface area contributed by atoms with Gasteiger partial charge in [-0.25, -0.2) is 0 Å². The van der Waals surface area contributed by atoms with E-state index in [1.54, 1.807) is 0 Å². The Kier molecular flexibility index (Phi) is 10.1. The molecule has 0 amide bonds. The second kappa shape index (κ2) is 17.4. The zero-order chi connectivity index (χ0) is 53.4. The number of rotatable bonds is 8. The molecule has 0 saturated carbocycles. The van der Waals surface area contributed by atoms with Gasteiger partial charge in [-0.15, -0.1) is 0 Å². The standard InChI is InChI=1S/C76H57N3O/c1-48-21-11-18-33-63(48)78(55-41-39-50(40-42-55)52-38-37-49-22-12-13-23-51(49)45-52)64-34-20-36-69-72(64)59-46-67(68(47-70(59)80-69)77(53-24-7-5-8-25-53)54-26-9-6-10-27-54)79-65-35-19-30-57-56-28-14-17-32-61(56)76(4,73(57)65)74-66(79)44-43-62-71(74)58-29-15-16-31-60(58)75(62,2)3/h5-20,22-48H,21H2,1-4H3. The summed E-state index contributed by atoms with van der Waals surface area (Å²) in [6, 6.07) is 87.7. The fraction of sp³-hybridized carbons (Fsp3) is 0.105. The SMILES string of the molecule is CC1CC=CC=C1N(c1ccc(-c2ccc3ccccc3c2)cc1)c1cccc2oc3cc(N(c4ccccc4)c4ccccc4)c(N4c5cccc6c5C(C)(c5ccccc5-6)c5c4ccc4c5-c5ccccc5C4(C)C)cc3c12. The van der Waals surface area contributed by atoms with E-state index >= 15 is 0 Å². The average Bonchev–Trinajstić information content (AvgIpc) is 2.71. The first kappa shape index (κ1) is 46.5. The van der Waals surface area contributed by atoms with Gasteiger partial charge in [0.25, 0.3) is 0 Å². The van der Waals surface area contributed by atoms with Crippen molar-refractivity contribution in [3.05, 3.63) is 288 Å². The summed E-state index contributed by atoms with van der Waals surface area (Å²) in [4.78, 5) is 7.53. The lowest BCUT2D eigenvalue weighted by molar-refractivity contribution is 0.655. The Labute approximate surface area is 467 Å². The van der Waals surface area contributed by atoms with Crippen LogP contribution < -0.4 is 14.7 Å². The van der Waals surface area contributed by atoms with E-state index in [2.05, 4.69) is 297 Å². The normalized spacial score (nSPS) is 17.0. The number of nitrogens with zero attached hydrogens (tertiary/aromatic N) is 3. The molecule has 0 N–H and O–H groups in total. The largest absolute Gasteiger partial charge is 0.456 e. The number of benzene rings is 11. The van der Waals surface area contributed by atoms with Crippen molar-refractivity contribution >= 4 is 78.2 Å². The van der Waals surface area contributed by atoms with Crippen LogP contribution in [-0.4, -0.2) is 0 Å². The van der Waals surface area contributed by atoms with Crippen LogP contribution in [0.1, 0.15) is 61.9 Å². The summed E-state index contributed by atoms with van der Waals surface area (Å²) in [6.45, 7) is 9.66. The van der Waals surface area contributed by atoms with E-state index in [4.69, 9.17) is 4.42 Å². The topological polar surface area (TPSA) is 22.9 Å². The van der Waals surface area contributed by atoms with E-state index in [0.29, 0.717) is 0 Å². The minimum atomic E-state index is -0.464. The Morgan fingerprint density at radius 3 is 1.89 bits per heavy atom. The van der Waals surface area contributed by atoms with Crippen LogP contribution in [0.15, 0.2) is 265 Å². The van der Waals surface area contributed by atoms with Crippen LogP contribution >= 0.6 is 0 Å². The highest BCUT2D eigenvalue weighted by molar-refractivity contribution is 6.16. The third-order valence-electron chi connectivity index (χ3n) is 18.2. The molecule has 2 heterocycles. The molecule has 2 unspecified atom stereocenters. The molecule has 382 valence electrons. The molecular formula is C76H57N3O. The van der Waals surface area contributed by atoms with Crippen LogP contribution in [0.25, 0.3) is 66.1 Å². The van der Waals surface area contributed by atoms with Crippen molar-refractivity contribution in [1.82, 2.24) is 0 Å². The molecule has 1 aliphatic heterocycles. The van der Waals surface area contributed by atoms with Crippen molar-refractivity contribution in [2.45, 2.75) is 44.9 Å². The van der Waals surface area contributed by atoms with E-state index in [-0.39, 0.29) is 11.3 Å². The number of hydrogen-bond acceptors (Lipinski definition) is 4. The molecular weight excluding hydrogens is 971 g/mol. The van der Waals surface area contributed by atoms with E-state index < -0.39 is 5.41 Å². The molecule has 80 heavy (non-hydrogen) atoms. The zero-order valence-electron chi connectivity index (χ0n) is 45.3. The Hall–Kier alpha value is -9.64. The maximum Gasteiger partial charge on any atom is 0.137 e. The minimum absolute atomic E-state index is 0.197. The van der Waals surface area contributed by atoms with Gasteiger partial charge in [0, 0.05) is 51.0 Å². The monoisotopic (exact) mass is 1030 g/mol. The first-order valence-corrected chi connectivity index (χ1v) is 28.2. The number of anilines is 8. The highest BCUT2D eigenvalue weighted by atomic mass is 16.3. The molecule has 1 aromatic heterocycles. The molecule has 3 aliphatic carbocycles. The maximum absolute atomic E-state index is 7.27. The van der Waals surface area contributed by atoms with Gasteiger partial charge in [-0.3, -0.25) is 0 Å². The molecule has 4 nitrogen and oxygen atoms in total. The number of hydrogen-bond donors (Lipinski definition) is 0. The molecule has 4 aliphatic rings. The highest BCUT2D eigenvalue weighted by Crippen LogP contribution is 2.67. The molecule has 12 aromatic rings. The molecule has 0 radical (unpaired) electrons. The lowest BCUT2D eigenvalue weighted by Crippen LogP contribution is -2.33. The van der Waals surface area contributed by atoms with Crippen molar-refractivity contribution in [2.75, 3.05) is 14.7 Å². The van der Waals surface area contributed by atoms with Gasteiger partial charge in [0.05, 0.1) is 33.8 Å². The molecule has 0 fully saturated rings. The van der Waals surface area contributed by atoms with Crippen LogP contribution in [0.3, 0.4) is 0 Å². The van der Waals surface area contributed by atoms with Crippen LogP contribution in [0.4, 0.5) is 45.5 Å². The lowest BCUT2D eigenvalue weighted by atomic mass is 9.67. The minimum Gasteiger partial charge on any atom is -0.456 e. The van der Waals surface area contributed by atoms with E-state index in [1.165, 1.54) is 89.0 Å². The predicted octanol–water partition coefficient (Wildman–Crippen LogP) is 20.9. The first-order valence-electron chi connectivity index (χ1n) is 28.2. The summed E-state index contributed by atoms with van der Waals surface area (Å²) < 4.78 is 7.27.